The smallest absolute Gasteiger partial charge is 0.210 e. The molecule has 0 amide bonds. The number of nitrogens with zero attached hydrogens (tertiary/aromatic N) is 3. The van der Waals surface area contributed by atoms with Crippen LogP contribution >= 0.6 is 0 Å². The third-order valence-electron chi connectivity index (χ3n) is 4.96. The Balaban J connectivity index is 0. The van der Waals surface area contributed by atoms with Crippen LogP contribution in [0, 0.1) is 5.92 Å². The van der Waals surface area contributed by atoms with E-state index in [-0.39, 0.29) is 0 Å². The van der Waals surface area contributed by atoms with Gasteiger partial charge in [-0.05, 0) is 86.0 Å². The molecule has 0 atom stereocenters. The predicted molar refractivity (Wildman–Crippen MR) is 132 cm³/mol. The average Bonchev–Trinajstić information content (AvgIpc) is 3.15. The van der Waals surface area contributed by atoms with Crippen LogP contribution in [-0.2, 0) is 10.0 Å². The lowest BCUT2D eigenvalue weighted by Crippen LogP contribution is -2.40. The van der Waals surface area contributed by atoms with Crippen LogP contribution in [0.5, 0.6) is 0 Å². The van der Waals surface area contributed by atoms with E-state index in [0.29, 0.717) is 0 Å². The van der Waals surface area contributed by atoms with Gasteiger partial charge in [-0.2, -0.15) is 0 Å². The Kier molecular flexibility index (Phi) is 21.9. The summed E-state index contributed by atoms with van der Waals surface area (Å²) < 4.78 is 21.7. The monoisotopic (exact) mass is 452 g/mol. The zero-order chi connectivity index (χ0) is 23.4. The summed E-state index contributed by atoms with van der Waals surface area (Å²) in [7, 11) is 8.16. The first-order chi connectivity index (χ1) is 14.0. The number of hydrogen-bond donors (Lipinski definition) is 3. The average molecular weight is 453 g/mol. The van der Waals surface area contributed by atoms with Crippen molar-refractivity contribution >= 4 is 10.0 Å². The Labute approximate surface area is 188 Å². The fourth-order valence-corrected chi connectivity index (χ4v) is 2.62. The molecular weight excluding hydrogens is 400 g/mol. The molecule has 30 heavy (non-hydrogen) atoms. The van der Waals surface area contributed by atoms with E-state index in [0.717, 1.165) is 29.6 Å². The van der Waals surface area contributed by atoms with Crippen molar-refractivity contribution < 1.29 is 8.42 Å². The molecule has 3 N–H and O–H groups in total. The Morgan fingerprint density at radius 2 is 1.17 bits per heavy atom. The van der Waals surface area contributed by atoms with Crippen molar-refractivity contribution in [3.05, 3.63) is 0 Å². The summed E-state index contributed by atoms with van der Waals surface area (Å²) in [5.74, 6) is 0.973. The molecule has 3 aliphatic heterocycles. The van der Waals surface area contributed by atoms with Crippen molar-refractivity contribution in [2.24, 2.45) is 5.92 Å². The molecule has 3 aliphatic rings. The van der Waals surface area contributed by atoms with Gasteiger partial charge in [-0.25, -0.2) is 12.7 Å². The topological polar surface area (TPSA) is 80.0 Å². The minimum atomic E-state index is -2.91. The largest absolute Gasteiger partial charge is 0.323 e. The molecule has 3 fully saturated rings. The van der Waals surface area contributed by atoms with Crippen molar-refractivity contribution in [2.75, 3.05) is 101 Å². The van der Waals surface area contributed by atoms with Gasteiger partial charge in [0.25, 0.3) is 0 Å². The highest BCUT2D eigenvalue weighted by atomic mass is 32.2. The summed E-state index contributed by atoms with van der Waals surface area (Å²) in [6.07, 6.45) is 6.74. The quantitative estimate of drug-likeness (QED) is 0.537. The Bertz CT molecular complexity index is 428. The van der Waals surface area contributed by atoms with E-state index >= 15 is 0 Å². The van der Waals surface area contributed by atoms with E-state index in [1.807, 2.05) is 14.1 Å². The molecule has 8 nitrogen and oxygen atoms in total. The first kappa shape index (κ1) is 31.9. The fraction of sp³-hybridized carbons (Fsp3) is 1.00. The number of likely N-dealkylation sites (N-methyl/N-ethyl adjacent to an activating group) is 1. The molecule has 0 aliphatic carbocycles. The Morgan fingerprint density at radius 1 is 0.833 bits per heavy atom. The molecule has 0 unspecified atom stereocenters. The SMILES string of the molecule is CC1CCNCC1.CN(C)S(C)(=O)=O.CN1CCCC1.CN1CCNCC1.CNC. The fourth-order valence-electron chi connectivity index (χ4n) is 2.62. The number of hydrogen-bond acceptors (Lipinski definition) is 7. The number of nitrogens with one attached hydrogen (secondary N) is 3. The van der Waals surface area contributed by atoms with Crippen molar-refractivity contribution in [3.63, 3.8) is 0 Å². The summed E-state index contributed by atoms with van der Waals surface area (Å²) in [6, 6.07) is 0. The van der Waals surface area contributed by atoms with Crippen LogP contribution in [0.15, 0.2) is 0 Å². The molecule has 0 aromatic heterocycles. The molecule has 3 rings (SSSR count). The zero-order valence-electron chi connectivity index (χ0n) is 21.1. The maximum absolute atomic E-state index is 10.3. The molecule has 9 heteroatoms. The van der Waals surface area contributed by atoms with Gasteiger partial charge in [-0.3, -0.25) is 0 Å². The zero-order valence-corrected chi connectivity index (χ0v) is 21.9. The van der Waals surface area contributed by atoms with E-state index in [1.54, 1.807) is 0 Å². The van der Waals surface area contributed by atoms with Gasteiger partial charge in [0, 0.05) is 40.3 Å². The lowest BCUT2D eigenvalue weighted by molar-refractivity contribution is 0.291. The molecule has 0 spiro atoms. The second-order valence-electron chi connectivity index (χ2n) is 8.54. The van der Waals surface area contributed by atoms with Gasteiger partial charge in [-0.15, -0.1) is 0 Å². The lowest BCUT2D eigenvalue weighted by Gasteiger charge is -2.21. The summed E-state index contributed by atoms with van der Waals surface area (Å²) in [5, 5.41) is 9.34. The van der Waals surface area contributed by atoms with Crippen LogP contribution in [0.2, 0.25) is 0 Å². The van der Waals surface area contributed by atoms with E-state index in [4.69, 9.17) is 0 Å². The molecule has 3 saturated heterocycles. The van der Waals surface area contributed by atoms with Gasteiger partial charge in [0.1, 0.15) is 0 Å². The number of likely N-dealkylation sites (tertiary alicyclic amines) is 1. The van der Waals surface area contributed by atoms with Gasteiger partial charge >= 0.3 is 0 Å². The van der Waals surface area contributed by atoms with E-state index in [9.17, 15) is 8.42 Å². The normalized spacial score (nSPS) is 20.4. The first-order valence-corrected chi connectivity index (χ1v) is 13.1. The molecule has 0 aromatic carbocycles. The highest BCUT2D eigenvalue weighted by molar-refractivity contribution is 7.88. The van der Waals surface area contributed by atoms with E-state index in [2.05, 4.69) is 46.8 Å². The van der Waals surface area contributed by atoms with E-state index in [1.165, 1.54) is 79.0 Å². The minimum absolute atomic E-state index is 0.973. The van der Waals surface area contributed by atoms with Crippen molar-refractivity contribution in [2.45, 2.75) is 32.6 Å². The molecule has 0 radical (unpaired) electrons. The van der Waals surface area contributed by atoms with Gasteiger partial charge in [-0.1, -0.05) is 6.92 Å². The summed E-state index contributed by atoms with van der Waals surface area (Å²) in [4.78, 5) is 4.69. The summed E-state index contributed by atoms with van der Waals surface area (Å²) in [6.45, 7) is 12.2. The standard InChI is InChI=1S/C6H13N.C5H12N2.C5H11N.C3H9NO2S.C2H7N/c1-6-2-4-7-5-3-6;1-7-4-2-6-3-5-7;1-6-4-2-3-5-6;1-4(2)7(3,5)6;1-3-2/h6-7H,2-5H2,1H3;6H,2-5H2,1H3;2-5H2,1H3;1-3H3;3H,1-2H3. The van der Waals surface area contributed by atoms with Crippen LogP contribution < -0.4 is 16.0 Å². The second-order valence-corrected chi connectivity index (χ2v) is 10.7. The number of rotatable bonds is 1. The van der Waals surface area contributed by atoms with Crippen LogP contribution in [0.3, 0.4) is 0 Å². The maximum Gasteiger partial charge on any atom is 0.210 e. The van der Waals surface area contributed by atoms with Crippen LogP contribution in [0.4, 0.5) is 0 Å². The van der Waals surface area contributed by atoms with Gasteiger partial charge in [0.15, 0.2) is 0 Å². The van der Waals surface area contributed by atoms with Crippen molar-refractivity contribution in [3.8, 4) is 0 Å². The number of piperidine rings is 1. The molecule has 0 saturated carbocycles. The third kappa shape index (κ3) is 24.0. The predicted octanol–water partition coefficient (Wildman–Crippen LogP) is 0.583. The highest BCUT2D eigenvalue weighted by Gasteiger charge is 2.05. The van der Waals surface area contributed by atoms with Gasteiger partial charge < -0.3 is 25.8 Å². The minimum Gasteiger partial charge on any atom is -0.323 e. The summed E-state index contributed by atoms with van der Waals surface area (Å²) >= 11 is 0. The Hall–Kier alpha value is -0.290. The van der Waals surface area contributed by atoms with E-state index < -0.39 is 10.0 Å². The molecule has 3 heterocycles. The molecule has 0 bridgehead atoms. The number of sulfonamides is 1. The Morgan fingerprint density at radius 3 is 1.33 bits per heavy atom. The van der Waals surface area contributed by atoms with Gasteiger partial charge in [0.2, 0.25) is 10.0 Å². The van der Waals surface area contributed by atoms with Crippen LogP contribution in [0.25, 0.3) is 0 Å². The van der Waals surface area contributed by atoms with Crippen molar-refractivity contribution in [1.29, 1.82) is 0 Å². The lowest BCUT2D eigenvalue weighted by atomic mass is 10.0. The molecular formula is C21H52N6O2S. The first-order valence-electron chi connectivity index (χ1n) is 11.3. The van der Waals surface area contributed by atoms with Crippen LogP contribution in [-0.4, -0.2) is 123 Å². The molecule has 0 aromatic rings. The number of piperazine rings is 1. The summed E-state index contributed by atoms with van der Waals surface area (Å²) in [5.41, 5.74) is 0. The molecule has 184 valence electrons. The van der Waals surface area contributed by atoms with Crippen LogP contribution in [0.1, 0.15) is 32.6 Å². The third-order valence-corrected chi connectivity index (χ3v) is 6.29. The van der Waals surface area contributed by atoms with Gasteiger partial charge in [0.05, 0.1) is 6.26 Å². The maximum atomic E-state index is 10.3. The van der Waals surface area contributed by atoms with Crippen molar-refractivity contribution in [1.82, 2.24) is 30.1 Å². The highest BCUT2D eigenvalue weighted by Crippen LogP contribution is 2.08. The second kappa shape index (κ2) is 20.6.